The van der Waals surface area contributed by atoms with Crippen LogP contribution in [-0.2, 0) is 28.7 Å². The van der Waals surface area contributed by atoms with E-state index >= 15 is 0 Å². The van der Waals surface area contributed by atoms with Gasteiger partial charge in [-0.2, -0.15) is 10.1 Å². The summed E-state index contributed by atoms with van der Waals surface area (Å²) in [5, 5.41) is 69.6. The summed E-state index contributed by atoms with van der Waals surface area (Å²) in [6, 6.07) is 3.84. The number of phenolic OH excluding ortho intramolecular Hbond substituents is 1. The molecule has 3 unspecified atom stereocenters. The number of aromatic hydroxyl groups is 1. The number of phenols is 1. The Bertz CT molecular complexity index is 1380. The number of ether oxygens (including phenoxy) is 2. The van der Waals surface area contributed by atoms with E-state index in [1.807, 2.05) is 6.08 Å². The fourth-order valence-electron chi connectivity index (χ4n) is 5.86. The van der Waals surface area contributed by atoms with E-state index in [-0.39, 0.29) is 44.7 Å². The smallest absolute Gasteiger partial charge is 0.328 e. The number of carbonyl (C=O) groups excluding carboxylic acids is 3. The Labute approximate surface area is 309 Å². The number of rotatable bonds is 21. The second-order valence-corrected chi connectivity index (χ2v) is 13.2. The molecule has 2 aliphatic rings. The molecule has 0 bridgehead atoms. The van der Waals surface area contributed by atoms with Crippen molar-refractivity contribution < 1.29 is 59.5 Å². The summed E-state index contributed by atoms with van der Waals surface area (Å²) in [7, 11) is 0. The number of hydrogen-bond donors (Lipinski definition) is 9. The van der Waals surface area contributed by atoms with Crippen LogP contribution in [0.15, 0.2) is 48.6 Å². The molecule has 0 aromatic heterocycles. The van der Waals surface area contributed by atoms with Crippen LogP contribution in [0.2, 0.25) is 0 Å². The number of para-hydroxylation sites is 1. The highest BCUT2D eigenvalue weighted by Crippen LogP contribution is 2.28. The summed E-state index contributed by atoms with van der Waals surface area (Å²) >= 11 is 0. The second kappa shape index (κ2) is 23.0. The Hall–Kier alpha value is -3.94. The first-order valence-corrected chi connectivity index (χ1v) is 18.1. The molecule has 0 saturated carbocycles. The third-order valence-corrected chi connectivity index (χ3v) is 8.81. The predicted molar refractivity (Wildman–Crippen MR) is 189 cm³/mol. The third-order valence-electron chi connectivity index (χ3n) is 8.81. The number of carboxylic acid groups (broad SMARTS) is 1. The number of hydroxylamine groups is 4. The Morgan fingerprint density at radius 1 is 1.11 bits per heavy atom. The number of aliphatic hydroxyl groups is 2. The van der Waals surface area contributed by atoms with Gasteiger partial charge in [0.2, 0.25) is 11.8 Å². The van der Waals surface area contributed by atoms with E-state index in [9.17, 15) is 44.9 Å². The van der Waals surface area contributed by atoms with Crippen LogP contribution in [0.5, 0.6) is 5.75 Å². The predicted octanol–water partition coefficient (Wildman–Crippen LogP) is 1.80. The van der Waals surface area contributed by atoms with E-state index in [1.165, 1.54) is 19.1 Å². The van der Waals surface area contributed by atoms with Crippen molar-refractivity contribution in [3.8, 4) is 5.75 Å². The lowest BCUT2D eigenvalue weighted by Crippen LogP contribution is -2.51. The number of aliphatic carboxylic acids is 1. The van der Waals surface area contributed by atoms with Crippen molar-refractivity contribution in [1.82, 2.24) is 26.1 Å². The van der Waals surface area contributed by atoms with E-state index in [2.05, 4.69) is 16.0 Å². The lowest BCUT2D eigenvalue weighted by Gasteiger charge is -2.27. The summed E-state index contributed by atoms with van der Waals surface area (Å²) < 4.78 is 11.3. The van der Waals surface area contributed by atoms with Crippen LogP contribution in [0.4, 0.5) is 0 Å². The van der Waals surface area contributed by atoms with E-state index in [4.69, 9.17) is 14.6 Å². The molecule has 53 heavy (non-hydrogen) atoms. The van der Waals surface area contributed by atoms with Gasteiger partial charge in [0.25, 0.3) is 0 Å². The SMILES string of the molecule is C[C@@H](CC(=O)N[C@H]1CCCCN(O)C1O)OC(=O)[C@H](CCCCN(O)C(O)/C=C\CC/C=C\CCC(=O)O)NC(=O)[C@@H]1COC(c2ccccc2O)N1. The number of esters is 1. The van der Waals surface area contributed by atoms with Crippen LogP contribution in [0, 0.1) is 0 Å². The van der Waals surface area contributed by atoms with E-state index < -0.39 is 66.7 Å². The van der Waals surface area contributed by atoms with Gasteiger partial charge >= 0.3 is 11.9 Å². The van der Waals surface area contributed by atoms with Crippen molar-refractivity contribution >= 4 is 23.8 Å². The largest absolute Gasteiger partial charge is 0.508 e. The monoisotopic (exact) mass is 749 g/mol. The maximum absolute atomic E-state index is 13.4. The molecular formula is C36H55N5O12. The number of nitrogens with one attached hydrogen (secondary N) is 3. The van der Waals surface area contributed by atoms with Gasteiger partial charge in [-0.3, -0.25) is 19.7 Å². The van der Waals surface area contributed by atoms with Gasteiger partial charge in [-0.1, -0.05) is 36.4 Å². The fourth-order valence-corrected chi connectivity index (χ4v) is 5.86. The molecular weight excluding hydrogens is 694 g/mol. The highest BCUT2D eigenvalue weighted by atomic mass is 16.5. The number of amides is 2. The molecule has 17 nitrogen and oxygen atoms in total. The molecule has 0 spiro atoms. The number of nitrogens with zero attached hydrogens (tertiary/aromatic N) is 2. The van der Waals surface area contributed by atoms with Gasteiger partial charge in [0.05, 0.1) is 19.1 Å². The van der Waals surface area contributed by atoms with Gasteiger partial charge in [-0.15, -0.1) is 0 Å². The molecule has 7 atom stereocenters. The third kappa shape index (κ3) is 15.5. The van der Waals surface area contributed by atoms with Crippen molar-refractivity contribution in [1.29, 1.82) is 0 Å². The summed E-state index contributed by atoms with van der Waals surface area (Å²) in [5.74, 6) is -2.69. The van der Waals surface area contributed by atoms with Crippen LogP contribution in [0.25, 0.3) is 0 Å². The number of hydrogen-bond acceptors (Lipinski definition) is 14. The zero-order chi connectivity index (χ0) is 38.8. The number of carbonyl (C=O) groups is 4. The average Bonchev–Trinajstić information content (AvgIpc) is 3.55. The minimum atomic E-state index is -1.27. The standard InChI is InChI=1S/C36H55N5O12/c1-24(22-30(43)37-26-15-10-13-21-41(51)35(26)48)53-36(49)27(38-33(47)28-23-52-34(39-28)25-14-8-9-17-29(25)42)16-11-12-20-40(50)31(44)18-6-4-2-3-5-7-19-32(45)46/h3,5-6,8-9,14,17-18,24,26-28,31,34-35,39,42,44,48,50-51H,2,4,7,10-13,15-16,19-23H2,1H3,(H,37,43)(H,38,47)(H,45,46)/b5-3-,18-6-/t24-,26-,27-,28-,31?,34?,35?/m0/s1. The van der Waals surface area contributed by atoms with E-state index in [0.717, 1.165) is 10.1 Å². The topological polar surface area (TPSA) is 251 Å². The Balaban J connectivity index is 1.53. The zero-order valence-electron chi connectivity index (χ0n) is 30.1. The first-order valence-electron chi connectivity index (χ1n) is 18.1. The first kappa shape index (κ1) is 43.5. The van der Waals surface area contributed by atoms with Crippen molar-refractivity contribution in [2.75, 3.05) is 19.7 Å². The molecule has 2 saturated heterocycles. The number of carboxylic acids is 1. The summed E-state index contributed by atoms with van der Waals surface area (Å²) in [4.78, 5) is 50.0. The number of allylic oxidation sites excluding steroid dienone is 3. The van der Waals surface area contributed by atoms with E-state index in [0.29, 0.717) is 56.9 Å². The van der Waals surface area contributed by atoms with Crippen molar-refractivity contribution in [3.63, 3.8) is 0 Å². The van der Waals surface area contributed by atoms with Crippen molar-refractivity contribution in [2.45, 2.75) is 120 Å². The Morgan fingerprint density at radius 2 is 1.85 bits per heavy atom. The van der Waals surface area contributed by atoms with Gasteiger partial charge in [-0.05, 0) is 76.9 Å². The molecule has 2 amide bonds. The lowest BCUT2D eigenvalue weighted by atomic mass is 10.1. The quantitative estimate of drug-likeness (QED) is 0.0286. The van der Waals surface area contributed by atoms with Crippen LogP contribution in [-0.4, -0.2) is 121 Å². The number of aliphatic hydroxyl groups excluding tert-OH is 2. The van der Waals surface area contributed by atoms with Crippen LogP contribution >= 0.6 is 0 Å². The lowest BCUT2D eigenvalue weighted by molar-refractivity contribution is -0.202. The van der Waals surface area contributed by atoms with Crippen LogP contribution < -0.4 is 16.0 Å². The maximum Gasteiger partial charge on any atom is 0.328 e. The molecule has 17 heteroatoms. The minimum Gasteiger partial charge on any atom is -0.508 e. The highest BCUT2D eigenvalue weighted by Gasteiger charge is 2.35. The molecule has 2 fully saturated rings. The molecule has 1 aromatic rings. The zero-order valence-corrected chi connectivity index (χ0v) is 30.1. The molecule has 0 aliphatic carbocycles. The summed E-state index contributed by atoms with van der Waals surface area (Å²) in [6.07, 6.45) is 6.63. The molecule has 2 aliphatic heterocycles. The normalized spacial score (nSPS) is 22.8. The summed E-state index contributed by atoms with van der Waals surface area (Å²) in [6.45, 7) is 1.81. The molecule has 9 N–H and O–H groups in total. The van der Waals surface area contributed by atoms with Crippen LogP contribution in [0.3, 0.4) is 0 Å². The fraction of sp³-hybridized carbons (Fsp3) is 0.611. The molecule has 0 radical (unpaired) electrons. The molecule has 2 heterocycles. The maximum atomic E-state index is 13.4. The van der Waals surface area contributed by atoms with Gasteiger partial charge in [0.1, 0.15) is 42.6 Å². The van der Waals surface area contributed by atoms with Gasteiger partial charge in [0.15, 0.2) is 0 Å². The molecule has 296 valence electrons. The first-order chi connectivity index (χ1) is 25.3. The van der Waals surface area contributed by atoms with Crippen molar-refractivity contribution in [2.24, 2.45) is 0 Å². The van der Waals surface area contributed by atoms with Crippen LogP contribution in [0.1, 0.15) is 89.3 Å². The average molecular weight is 750 g/mol. The molecule has 3 rings (SSSR count). The second-order valence-electron chi connectivity index (χ2n) is 13.2. The minimum absolute atomic E-state index is 0.00608. The van der Waals surface area contributed by atoms with Gasteiger partial charge in [0, 0.05) is 25.1 Å². The van der Waals surface area contributed by atoms with Gasteiger partial charge < -0.3 is 50.9 Å². The number of benzene rings is 1. The Kier molecular flexibility index (Phi) is 18.8. The highest BCUT2D eigenvalue weighted by molar-refractivity contribution is 5.88. The van der Waals surface area contributed by atoms with Crippen molar-refractivity contribution in [3.05, 3.63) is 54.1 Å². The number of unbranched alkanes of at least 4 members (excludes halogenated alkanes) is 2. The Morgan fingerprint density at radius 3 is 2.60 bits per heavy atom. The summed E-state index contributed by atoms with van der Waals surface area (Å²) in [5.41, 5.74) is 0.448. The molecule has 1 aromatic carbocycles. The van der Waals surface area contributed by atoms with Gasteiger partial charge in [-0.25, -0.2) is 4.79 Å². The van der Waals surface area contributed by atoms with E-state index in [1.54, 1.807) is 30.4 Å².